The van der Waals surface area contributed by atoms with E-state index in [1.54, 1.807) is 7.11 Å². The molecule has 0 bridgehead atoms. The molecule has 1 aromatic rings. The van der Waals surface area contributed by atoms with Gasteiger partial charge >= 0.3 is 5.97 Å². The Morgan fingerprint density at radius 3 is 2.48 bits per heavy atom. The van der Waals surface area contributed by atoms with Crippen LogP contribution in [-0.4, -0.2) is 26.3 Å². The number of hydrogen-bond donors (Lipinski definition) is 0. The lowest BCUT2D eigenvalue weighted by atomic mass is 9.97. The quantitative estimate of drug-likeness (QED) is 0.571. The van der Waals surface area contributed by atoms with Crippen molar-refractivity contribution in [1.29, 1.82) is 0 Å². The van der Waals surface area contributed by atoms with Gasteiger partial charge in [0, 0.05) is 7.11 Å². The van der Waals surface area contributed by atoms with Gasteiger partial charge < -0.3 is 14.2 Å². The highest BCUT2D eigenvalue weighted by Gasteiger charge is 2.23. The van der Waals surface area contributed by atoms with Crippen LogP contribution in [0.5, 0.6) is 5.75 Å². The third kappa shape index (κ3) is 5.76. The lowest BCUT2D eigenvalue weighted by Crippen LogP contribution is -2.22. The van der Waals surface area contributed by atoms with Gasteiger partial charge in [0.1, 0.15) is 19.0 Å². The lowest BCUT2D eigenvalue weighted by Gasteiger charge is -2.17. The summed E-state index contributed by atoms with van der Waals surface area (Å²) in [4.78, 5) is 11.8. The van der Waals surface area contributed by atoms with Crippen LogP contribution in [0.15, 0.2) is 18.2 Å². The van der Waals surface area contributed by atoms with Gasteiger partial charge in [-0.3, -0.25) is 4.79 Å². The fourth-order valence-corrected chi connectivity index (χ4v) is 1.72. The highest BCUT2D eigenvalue weighted by molar-refractivity contribution is 5.75. The molecule has 4 nitrogen and oxygen atoms in total. The molecule has 0 aliphatic heterocycles. The fraction of sp³-hybridized carbons (Fsp3) is 0.588. The molecule has 1 rings (SSSR count). The monoisotopic (exact) mass is 294 g/mol. The van der Waals surface area contributed by atoms with Crippen LogP contribution in [0, 0.1) is 5.41 Å². The van der Waals surface area contributed by atoms with Crippen LogP contribution >= 0.6 is 0 Å². The average Bonchev–Trinajstić information content (AvgIpc) is 2.44. The Morgan fingerprint density at radius 1 is 1.19 bits per heavy atom. The maximum absolute atomic E-state index is 11.8. The molecular weight excluding hydrogens is 268 g/mol. The van der Waals surface area contributed by atoms with Gasteiger partial charge in [-0.2, -0.15) is 0 Å². The third-order valence-electron chi connectivity index (χ3n) is 3.04. The molecule has 1 aromatic carbocycles. The zero-order chi connectivity index (χ0) is 15.9. The molecule has 0 fully saturated rings. The molecule has 0 radical (unpaired) electrons. The summed E-state index contributed by atoms with van der Waals surface area (Å²) in [6.07, 6.45) is 0.893. The van der Waals surface area contributed by atoms with E-state index in [2.05, 4.69) is 6.92 Å². The van der Waals surface area contributed by atoms with Crippen molar-refractivity contribution in [2.75, 3.05) is 20.3 Å². The van der Waals surface area contributed by atoms with Crippen molar-refractivity contribution >= 4 is 5.97 Å². The SMILES string of the molecule is CCc1ccc(COC(=O)C(C)(C)C)cc1OCCOC. The van der Waals surface area contributed by atoms with Gasteiger partial charge in [0.25, 0.3) is 0 Å². The minimum absolute atomic E-state index is 0.205. The molecule has 0 aromatic heterocycles. The molecule has 4 heteroatoms. The second-order valence-electron chi connectivity index (χ2n) is 5.96. The summed E-state index contributed by atoms with van der Waals surface area (Å²) in [5.74, 6) is 0.628. The normalized spacial score (nSPS) is 11.3. The predicted molar refractivity (Wildman–Crippen MR) is 82.4 cm³/mol. The highest BCUT2D eigenvalue weighted by atomic mass is 16.5. The zero-order valence-corrected chi connectivity index (χ0v) is 13.7. The van der Waals surface area contributed by atoms with Crippen LogP contribution in [0.1, 0.15) is 38.8 Å². The Kier molecular flexibility index (Phi) is 6.69. The Hall–Kier alpha value is -1.55. The number of rotatable bonds is 7. The number of carbonyl (C=O) groups is 1. The number of esters is 1. The van der Waals surface area contributed by atoms with Gasteiger partial charge in [-0.05, 0) is 44.4 Å². The number of ether oxygens (including phenoxy) is 3. The number of carbonyl (C=O) groups excluding carboxylic acids is 1. The van der Waals surface area contributed by atoms with E-state index >= 15 is 0 Å². The van der Waals surface area contributed by atoms with Crippen molar-refractivity contribution < 1.29 is 19.0 Å². The molecule has 0 atom stereocenters. The van der Waals surface area contributed by atoms with E-state index in [4.69, 9.17) is 14.2 Å². The number of aryl methyl sites for hydroxylation is 1. The van der Waals surface area contributed by atoms with Gasteiger partial charge in [0.2, 0.25) is 0 Å². The van der Waals surface area contributed by atoms with Gasteiger partial charge in [0.05, 0.1) is 12.0 Å². The number of methoxy groups -OCH3 is 1. The Labute approximate surface area is 127 Å². The van der Waals surface area contributed by atoms with E-state index in [1.807, 2.05) is 39.0 Å². The van der Waals surface area contributed by atoms with E-state index in [0.717, 1.165) is 23.3 Å². The molecule has 0 saturated carbocycles. The summed E-state index contributed by atoms with van der Waals surface area (Å²) in [5.41, 5.74) is 1.58. The zero-order valence-electron chi connectivity index (χ0n) is 13.7. The summed E-state index contributed by atoms with van der Waals surface area (Å²) >= 11 is 0. The molecule has 0 saturated heterocycles. The standard InChI is InChI=1S/C17H26O4/c1-6-14-8-7-13(11-15(14)20-10-9-19-5)12-21-16(18)17(2,3)4/h7-8,11H,6,9-10,12H2,1-5H3. The topological polar surface area (TPSA) is 44.8 Å². The minimum atomic E-state index is -0.485. The molecule has 0 amide bonds. The number of hydrogen-bond acceptors (Lipinski definition) is 4. The van der Waals surface area contributed by atoms with Crippen molar-refractivity contribution in [2.24, 2.45) is 5.41 Å². The third-order valence-corrected chi connectivity index (χ3v) is 3.04. The smallest absolute Gasteiger partial charge is 0.311 e. The number of benzene rings is 1. The van der Waals surface area contributed by atoms with E-state index in [1.165, 1.54) is 0 Å². The molecule has 0 unspecified atom stereocenters. The van der Waals surface area contributed by atoms with Crippen LogP contribution in [0.25, 0.3) is 0 Å². The first-order valence-corrected chi connectivity index (χ1v) is 7.29. The molecule has 0 aliphatic rings. The molecule has 21 heavy (non-hydrogen) atoms. The Balaban J connectivity index is 2.71. The van der Waals surface area contributed by atoms with Crippen LogP contribution in [0.3, 0.4) is 0 Å². The van der Waals surface area contributed by atoms with Gasteiger partial charge in [-0.15, -0.1) is 0 Å². The Bertz CT molecular complexity index is 460. The maximum atomic E-state index is 11.8. The molecule has 0 spiro atoms. The van der Waals surface area contributed by atoms with E-state index in [0.29, 0.717) is 13.2 Å². The summed E-state index contributed by atoms with van der Waals surface area (Å²) in [5, 5.41) is 0. The predicted octanol–water partition coefficient (Wildman–Crippen LogP) is 3.36. The van der Waals surface area contributed by atoms with Crippen LogP contribution < -0.4 is 4.74 Å². The van der Waals surface area contributed by atoms with Gasteiger partial charge in [-0.25, -0.2) is 0 Å². The van der Waals surface area contributed by atoms with Crippen LogP contribution in [-0.2, 0) is 27.3 Å². The van der Waals surface area contributed by atoms with Crippen molar-refractivity contribution in [3.05, 3.63) is 29.3 Å². The summed E-state index contributed by atoms with van der Waals surface area (Å²) < 4.78 is 16.0. The maximum Gasteiger partial charge on any atom is 0.311 e. The van der Waals surface area contributed by atoms with Crippen molar-refractivity contribution in [3.8, 4) is 5.75 Å². The van der Waals surface area contributed by atoms with E-state index in [9.17, 15) is 4.79 Å². The summed E-state index contributed by atoms with van der Waals surface area (Å²) in [6, 6.07) is 5.92. The average molecular weight is 294 g/mol. The van der Waals surface area contributed by atoms with Gasteiger partial charge in [0.15, 0.2) is 0 Å². The Morgan fingerprint density at radius 2 is 1.90 bits per heavy atom. The molecule has 0 N–H and O–H groups in total. The fourth-order valence-electron chi connectivity index (χ4n) is 1.72. The molecular formula is C17H26O4. The molecule has 0 heterocycles. The summed E-state index contributed by atoms with van der Waals surface area (Å²) in [7, 11) is 1.65. The van der Waals surface area contributed by atoms with E-state index in [-0.39, 0.29) is 12.6 Å². The molecule has 118 valence electrons. The van der Waals surface area contributed by atoms with E-state index < -0.39 is 5.41 Å². The summed E-state index contributed by atoms with van der Waals surface area (Å²) in [6.45, 7) is 8.93. The van der Waals surface area contributed by atoms with Crippen LogP contribution in [0.2, 0.25) is 0 Å². The van der Waals surface area contributed by atoms with Gasteiger partial charge in [-0.1, -0.05) is 19.1 Å². The second kappa shape index (κ2) is 8.03. The second-order valence-corrected chi connectivity index (χ2v) is 5.96. The largest absolute Gasteiger partial charge is 0.491 e. The highest BCUT2D eigenvalue weighted by Crippen LogP contribution is 2.23. The van der Waals surface area contributed by atoms with Crippen molar-refractivity contribution in [2.45, 2.75) is 40.7 Å². The molecule has 0 aliphatic carbocycles. The first-order chi connectivity index (χ1) is 9.88. The van der Waals surface area contributed by atoms with Crippen molar-refractivity contribution in [1.82, 2.24) is 0 Å². The van der Waals surface area contributed by atoms with Crippen LogP contribution in [0.4, 0.5) is 0 Å². The first-order valence-electron chi connectivity index (χ1n) is 7.29. The lowest BCUT2D eigenvalue weighted by molar-refractivity contribution is -0.154. The van der Waals surface area contributed by atoms with Crippen molar-refractivity contribution in [3.63, 3.8) is 0 Å². The first kappa shape index (κ1) is 17.5. The minimum Gasteiger partial charge on any atom is -0.491 e.